The molecule has 40 heavy (non-hydrogen) atoms. The molecule has 0 aromatic heterocycles. The molecule has 0 radical (unpaired) electrons. The Morgan fingerprint density at radius 2 is 0.600 bits per heavy atom. The van der Waals surface area contributed by atoms with E-state index < -0.39 is 15.1 Å². The molecule has 0 N–H and O–H groups in total. The normalized spacial score (nSPS) is 18.2. The third kappa shape index (κ3) is 6.92. The van der Waals surface area contributed by atoms with Crippen LogP contribution in [0.2, 0.25) is 0 Å². The third-order valence-electron chi connectivity index (χ3n) is 8.20. The first-order valence-electron chi connectivity index (χ1n) is 15.3. The summed E-state index contributed by atoms with van der Waals surface area (Å²) in [6, 6.07) is 10.2. The van der Waals surface area contributed by atoms with E-state index in [1.54, 1.807) is 32.9 Å². The molecule has 2 aromatic rings. The maximum Gasteiger partial charge on any atom is 0.00543 e. The summed E-state index contributed by atoms with van der Waals surface area (Å²) in [7, 11) is -0.844. The molecule has 1 aliphatic heterocycles. The Morgan fingerprint density at radius 3 is 0.825 bits per heavy atom. The fourth-order valence-electron chi connectivity index (χ4n) is 5.47. The van der Waals surface area contributed by atoms with E-state index in [2.05, 4.69) is 160 Å². The topological polar surface area (TPSA) is 0 Å². The summed E-state index contributed by atoms with van der Waals surface area (Å²) >= 11 is 0. The summed E-state index contributed by atoms with van der Waals surface area (Å²) in [6.07, 6.45) is 0. The molecule has 0 amide bonds. The molecule has 0 unspecified atom stereocenters. The molecule has 2 heteroatoms. The molecular formula is C38H60P2. The first kappa shape index (κ1) is 33.4. The average Bonchev–Trinajstić information content (AvgIpc) is 2.67. The molecule has 1 aliphatic rings. The van der Waals surface area contributed by atoms with E-state index in [-0.39, 0.29) is 32.5 Å². The maximum atomic E-state index is 2.79. The summed E-state index contributed by atoms with van der Waals surface area (Å²) in [5.41, 5.74) is 15.4. The molecule has 0 fully saturated rings. The highest BCUT2D eigenvalue weighted by atomic mass is 31.2. The van der Waals surface area contributed by atoms with Gasteiger partial charge in [-0.15, -0.1) is 0 Å². The number of hydrogen-bond donors (Lipinski definition) is 0. The Kier molecular flexibility index (Phi) is 8.58. The molecule has 0 saturated carbocycles. The van der Waals surface area contributed by atoms with E-state index in [0.717, 1.165) is 0 Å². The highest BCUT2D eigenvalue weighted by Gasteiger charge is 2.35. The Bertz CT molecular complexity index is 1280. The second-order valence-corrected chi connectivity index (χ2v) is 22.8. The zero-order valence-electron chi connectivity index (χ0n) is 29.4. The molecule has 0 bridgehead atoms. The van der Waals surface area contributed by atoms with Gasteiger partial charge >= 0.3 is 0 Å². The highest BCUT2D eigenvalue weighted by molar-refractivity contribution is 8.14. The Balaban J connectivity index is 2.36. The lowest BCUT2D eigenvalue weighted by atomic mass is 9.75. The summed E-state index contributed by atoms with van der Waals surface area (Å²) < 4.78 is 0. The summed E-state index contributed by atoms with van der Waals surface area (Å²) in [5.74, 6) is 0. The summed E-state index contributed by atoms with van der Waals surface area (Å²) in [5, 5.41) is 3.25. The average molecular weight is 579 g/mol. The first-order valence-corrected chi connectivity index (χ1v) is 18.2. The van der Waals surface area contributed by atoms with Crippen LogP contribution in [0.25, 0.3) is 0 Å². The molecule has 0 atom stereocenters. The van der Waals surface area contributed by atoms with E-state index in [4.69, 9.17) is 0 Å². The van der Waals surface area contributed by atoms with Gasteiger partial charge in [-0.3, -0.25) is 0 Å². The Labute approximate surface area is 250 Å². The Hall–Kier alpha value is -1.09. The van der Waals surface area contributed by atoms with Gasteiger partial charge in [-0.2, -0.15) is 0 Å². The van der Waals surface area contributed by atoms with E-state index >= 15 is 0 Å². The van der Waals surface area contributed by atoms with Crippen LogP contribution in [0.3, 0.4) is 0 Å². The van der Waals surface area contributed by atoms with Crippen LogP contribution in [0.1, 0.15) is 158 Å². The fourth-order valence-corrected chi connectivity index (χ4v) is 12.1. The SMILES string of the molecule is CC(C)(C)c1cc(C(C)(C)C)c(P2C=P(c3c(C(C)(C)C)cc(C(C)(C)C)cc3C(C)(C)C)=C2)c(C(C)(C)C)c1. The molecular weight excluding hydrogens is 518 g/mol. The van der Waals surface area contributed by atoms with Crippen LogP contribution < -0.4 is 10.6 Å². The standard InChI is InChI=1S/C38H60P2/c1-33(2,3)25-19-27(35(7,8)9)31(28(20-25)36(10,11)12)39-23-40(24-39)32-29(37(13,14)15)21-26(34(4,5)6)22-30(32)38(16,17)18/h19-24H,1-18H3. The molecule has 0 nitrogen and oxygen atoms in total. The summed E-state index contributed by atoms with van der Waals surface area (Å²) in [6.45, 7) is 43.0. The second kappa shape index (κ2) is 10.3. The zero-order chi connectivity index (χ0) is 31.0. The minimum absolute atomic E-state index is 0.0977. The lowest BCUT2D eigenvalue weighted by Gasteiger charge is -2.38. The molecule has 222 valence electrons. The van der Waals surface area contributed by atoms with E-state index in [9.17, 15) is 0 Å². The van der Waals surface area contributed by atoms with Crippen molar-refractivity contribution in [1.29, 1.82) is 0 Å². The van der Waals surface area contributed by atoms with Crippen molar-refractivity contribution in [3.05, 3.63) is 57.6 Å². The molecule has 2 aromatic carbocycles. The number of rotatable bonds is 2. The van der Waals surface area contributed by atoms with Crippen LogP contribution >= 0.6 is 15.1 Å². The molecule has 0 spiro atoms. The van der Waals surface area contributed by atoms with Crippen molar-refractivity contribution in [2.75, 3.05) is 0 Å². The minimum Gasteiger partial charge on any atom is -0.0906 e. The van der Waals surface area contributed by atoms with E-state index in [1.165, 1.54) is 11.1 Å². The number of benzene rings is 2. The van der Waals surface area contributed by atoms with Gasteiger partial charge in [0.1, 0.15) is 0 Å². The van der Waals surface area contributed by atoms with Gasteiger partial charge in [-0.1, -0.05) is 156 Å². The quantitative estimate of drug-likeness (QED) is 0.311. The lowest BCUT2D eigenvalue weighted by molar-refractivity contribution is 0.553. The molecule has 3 rings (SSSR count). The molecule has 0 aliphatic carbocycles. The van der Waals surface area contributed by atoms with Gasteiger partial charge in [-0.25, -0.2) is 0 Å². The summed E-state index contributed by atoms with van der Waals surface area (Å²) in [4.78, 5) is 0. The van der Waals surface area contributed by atoms with Crippen LogP contribution in [-0.4, -0.2) is 11.1 Å². The monoisotopic (exact) mass is 578 g/mol. The van der Waals surface area contributed by atoms with Crippen molar-refractivity contribution >= 4 is 36.8 Å². The van der Waals surface area contributed by atoms with Crippen molar-refractivity contribution in [2.24, 2.45) is 0 Å². The van der Waals surface area contributed by atoms with Crippen LogP contribution in [0.4, 0.5) is 0 Å². The van der Waals surface area contributed by atoms with E-state index in [0.29, 0.717) is 0 Å². The molecule has 1 heterocycles. The predicted octanol–water partition coefficient (Wildman–Crippen LogP) is 10.9. The Morgan fingerprint density at radius 1 is 0.350 bits per heavy atom. The van der Waals surface area contributed by atoms with Crippen LogP contribution in [0, 0.1) is 0 Å². The maximum absolute atomic E-state index is 2.79. The highest BCUT2D eigenvalue weighted by Crippen LogP contribution is 2.51. The van der Waals surface area contributed by atoms with Crippen molar-refractivity contribution in [2.45, 2.75) is 157 Å². The number of hydrogen-bond acceptors (Lipinski definition) is 0. The lowest BCUT2D eigenvalue weighted by Crippen LogP contribution is -2.34. The van der Waals surface area contributed by atoms with Crippen LogP contribution in [0.15, 0.2) is 24.3 Å². The first-order chi connectivity index (χ1) is 17.6. The minimum atomic E-state index is -0.422. The van der Waals surface area contributed by atoms with Crippen molar-refractivity contribution in [1.82, 2.24) is 0 Å². The van der Waals surface area contributed by atoms with Crippen LogP contribution in [0.5, 0.6) is 0 Å². The van der Waals surface area contributed by atoms with Crippen LogP contribution in [-0.2, 0) is 32.5 Å². The second-order valence-electron chi connectivity index (χ2n) is 18.4. The van der Waals surface area contributed by atoms with Gasteiger partial charge < -0.3 is 0 Å². The zero-order valence-corrected chi connectivity index (χ0v) is 31.1. The van der Waals surface area contributed by atoms with Crippen molar-refractivity contribution in [3.63, 3.8) is 0 Å². The largest absolute Gasteiger partial charge is 0.0906 e. The smallest absolute Gasteiger partial charge is 0.00543 e. The predicted molar refractivity (Wildman–Crippen MR) is 190 cm³/mol. The van der Waals surface area contributed by atoms with Gasteiger partial charge in [0.2, 0.25) is 0 Å². The third-order valence-corrected chi connectivity index (χ3v) is 14.2. The van der Waals surface area contributed by atoms with Gasteiger partial charge in [0.15, 0.2) is 0 Å². The van der Waals surface area contributed by atoms with E-state index in [1.807, 2.05) is 0 Å². The fraction of sp³-hybridized carbons (Fsp3) is 0.632. The van der Waals surface area contributed by atoms with Gasteiger partial charge in [0.25, 0.3) is 0 Å². The van der Waals surface area contributed by atoms with Crippen molar-refractivity contribution in [3.8, 4) is 0 Å². The van der Waals surface area contributed by atoms with Gasteiger partial charge in [0.05, 0.1) is 0 Å². The van der Waals surface area contributed by atoms with Crippen molar-refractivity contribution < 1.29 is 0 Å². The molecule has 0 saturated heterocycles. The van der Waals surface area contributed by atoms with Gasteiger partial charge in [0, 0.05) is 5.30 Å². The van der Waals surface area contributed by atoms with Gasteiger partial charge in [-0.05, 0) is 90.2 Å².